The summed E-state index contributed by atoms with van der Waals surface area (Å²) in [6.07, 6.45) is 2.71. The Morgan fingerprint density at radius 1 is 1.24 bits per heavy atom. The molecule has 0 atom stereocenters. The molecule has 0 spiro atoms. The second-order valence-electron chi connectivity index (χ2n) is 5.20. The first-order chi connectivity index (χ1) is 11.9. The number of amides is 1. The number of carbonyl (C=O) groups excluding carboxylic acids is 2. The zero-order valence-electron chi connectivity index (χ0n) is 13.8. The van der Waals surface area contributed by atoms with Crippen molar-refractivity contribution >= 4 is 27.6 Å². The number of hydrogen-bond acceptors (Lipinski definition) is 6. The van der Waals surface area contributed by atoms with E-state index < -0.39 is 28.5 Å². The van der Waals surface area contributed by atoms with Crippen LogP contribution in [0.2, 0.25) is 0 Å². The van der Waals surface area contributed by atoms with Gasteiger partial charge in [-0.3, -0.25) is 4.79 Å². The van der Waals surface area contributed by atoms with Gasteiger partial charge in [0.2, 0.25) is 10.0 Å². The molecule has 1 aromatic rings. The fourth-order valence-electron chi connectivity index (χ4n) is 2.16. The molecular formula is C16H20N2O6S. The standard InChI is InChI=1S/C16H20N2O6S/c1-2-3-16(20)24-12-15(19)17-13-4-6-14(7-5-13)25(21,22)18-8-10-23-11-9-18/h2-7H,8-12H2,1H3,(H,17,19)/b3-2+. The third-order valence-electron chi connectivity index (χ3n) is 3.39. The van der Waals surface area contributed by atoms with E-state index in [9.17, 15) is 18.0 Å². The largest absolute Gasteiger partial charge is 0.452 e. The summed E-state index contributed by atoms with van der Waals surface area (Å²) in [6, 6.07) is 5.82. The molecule has 1 fully saturated rings. The molecule has 0 radical (unpaired) electrons. The number of nitrogens with zero attached hydrogens (tertiary/aromatic N) is 1. The monoisotopic (exact) mass is 368 g/mol. The van der Waals surface area contributed by atoms with Gasteiger partial charge in [-0.2, -0.15) is 4.31 Å². The summed E-state index contributed by atoms with van der Waals surface area (Å²) in [6.45, 7) is 2.63. The lowest BCUT2D eigenvalue weighted by Crippen LogP contribution is -2.40. The zero-order valence-corrected chi connectivity index (χ0v) is 14.6. The van der Waals surface area contributed by atoms with E-state index in [4.69, 9.17) is 9.47 Å². The number of anilines is 1. The maximum absolute atomic E-state index is 12.5. The van der Waals surface area contributed by atoms with Gasteiger partial charge in [-0.1, -0.05) is 6.08 Å². The number of esters is 1. The number of morpholine rings is 1. The third kappa shape index (κ3) is 5.38. The number of nitrogens with one attached hydrogen (secondary N) is 1. The third-order valence-corrected chi connectivity index (χ3v) is 5.31. The minimum atomic E-state index is -3.57. The Bertz CT molecular complexity index is 736. The highest BCUT2D eigenvalue weighted by Gasteiger charge is 2.26. The summed E-state index contributed by atoms with van der Waals surface area (Å²) in [4.78, 5) is 23.0. The highest BCUT2D eigenvalue weighted by atomic mass is 32.2. The van der Waals surface area contributed by atoms with Crippen LogP contribution >= 0.6 is 0 Å². The summed E-state index contributed by atoms with van der Waals surface area (Å²) < 4.78 is 36.2. The van der Waals surface area contributed by atoms with Crippen molar-refractivity contribution in [2.75, 3.05) is 38.2 Å². The number of rotatable bonds is 6. The molecule has 0 aliphatic carbocycles. The first-order valence-corrected chi connectivity index (χ1v) is 9.15. The molecule has 0 saturated carbocycles. The lowest BCUT2D eigenvalue weighted by Gasteiger charge is -2.26. The van der Waals surface area contributed by atoms with Crippen molar-refractivity contribution < 1.29 is 27.5 Å². The van der Waals surface area contributed by atoms with Crippen molar-refractivity contribution in [3.05, 3.63) is 36.4 Å². The minimum absolute atomic E-state index is 0.145. The number of ether oxygens (including phenoxy) is 2. The maximum Gasteiger partial charge on any atom is 0.330 e. The van der Waals surface area contributed by atoms with Crippen LogP contribution in [0.1, 0.15) is 6.92 Å². The molecule has 1 aromatic carbocycles. The van der Waals surface area contributed by atoms with E-state index >= 15 is 0 Å². The lowest BCUT2D eigenvalue weighted by atomic mass is 10.3. The van der Waals surface area contributed by atoms with Crippen LogP contribution in [0.3, 0.4) is 0 Å². The summed E-state index contributed by atoms with van der Waals surface area (Å²) in [7, 11) is -3.57. The number of hydrogen-bond donors (Lipinski definition) is 1. The Balaban J connectivity index is 1.95. The number of benzene rings is 1. The highest BCUT2D eigenvalue weighted by Crippen LogP contribution is 2.19. The molecular weight excluding hydrogens is 348 g/mol. The Morgan fingerprint density at radius 3 is 2.48 bits per heavy atom. The van der Waals surface area contributed by atoms with Crippen LogP contribution in [0.15, 0.2) is 41.3 Å². The van der Waals surface area contributed by atoms with Crippen LogP contribution in [-0.2, 0) is 29.1 Å². The van der Waals surface area contributed by atoms with Crippen LogP contribution in [-0.4, -0.2) is 57.5 Å². The Labute approximate surface area is 146 Å². The van der Waals surface area contributed by atoms with Crippen molar-refractivity contribution in [1.82, 2.24) is 4.31 Å². The second kappa shape index (κ2) is 8.75. The van der Waals surface area contributed by atoms with Crippen LogP contribution < -0.4 is 5.32 Å². The topological polar surface area (TPSA) is 102 Å². The maximum atomic E-state index is 12.5. The predicted molar refractivity (Wildman–Crippen MR) is 90.4 cm³/mol. The average Bonchev–Trinajstić information content (AvgIpc) is 2.61. The van der Waals surface area contributed by atoms with Crippen molar-refractivity contribution in [3.63, 3.8) is 0 Å². The SMILES string of the molecule is C/C=C/C(=O)OCC(=O)Nc1ccc(S(=O)(=O)N2CCOCC2)cc1. The van der Waals surface area contributed by atoms with E-state index in [1.54, 1.807) is 6.92 Å². The number of allylic oxidation sites excluding steroid dienone is 1. The van der Waals surface area contributed by atoms with Gasteiger partial charge in [-0.15, -0.1) is 0 Å². The summed E-state index contributed by atoms with van der Waals surface area (Å²) >= 11 is 0. The normalized spacial score (nSPS) is 15.9. The molecule has 1 aliphatic heterocycles. The predicted octanol–water partition coefficient (Wildman–Crippen LogP) is 0.765. The van der Waals surface area contributed by atoms with Gasteiger partial charge in [0.05, 0.1) is 18.1 Å². The van der Waals surface area contributed by atoms with E-state index in [1.165, 1.54) is 40.7 Å². The highest BCUT2D eigenvalue weighted by molar-refractivity contribution is 7.89. The minimum Gasteiger partial charge on any atom is -0.452 e. The Morgan fingerprint density at radius 2 is 1.88 bits per heavy atom. The molecule has 8 nitrogen and oxygen atoms in total. The van der Waals surface area contributed by atoms with E-state index in [0.717, 1.165) is 0 Å². The Hall–Kier alpha value is -2.23. The molecule has 0 aromatic heterocycles. The fourth-order valence-corrected chi connectivity index (χ4v) is 3.57. The zero-order chi connectivity index (χ0) is 18.3. The van der Waals surface area contributed by atoms with Crippen LogP contribution in [0.25, 0.3) is 0 Å². The smallest absolute Gasteiger partial charge is 0.330 e. The van der Waals surface area contributed by atoms with Crippen molar-refractivity contribution in [3.8, 4) is 0 Å². The lowest BCUT2D eigenvalue weighted by molar-refractivity contribution is -0.142. The molecule has 9 heteroatoms. The van der Waals surface area contributed by atoms with Gasteiger partial charge in [0.15, 0.2) is 6.61 Å². The average molecular weight is 368 g/mol. The second-order valence-corrected chi connectivity index (χ2v) is 7.13. The van der Waals surface area contributed by atoms with E-state index in [0.29, 0.717) is 32.0 Å². The van der Waals surface area contributed by atoms with Crippen molar-refractivity contribution in [1.29, 1.82) is 0 Å². The summed E-state index contributed by atoms with van der Waals surface area (Å²) in [5.74, 6) is -1.12. The molecule has 1 heterocycles. The van der Waals surface area contributed by atoms with E-state index in [1.807, 2.05) is 0 Å². The molecule has 136 valence electrons. The van der Waals surface area contributed by atoms with Gasteiger partial charge in [0.25, 0.3) is 5.91 Å². The van der Waals surface area contributed by atoms with Gasteiger partial charge in [0.1, 0.15) is 0 Å². The quantitative estimate of drug-likeness (QED) is 0.588. The molecule has 1 saturated heterocycles. The van der Waals surface area contributed by atoms with Crippen molar-refractivity contribution in [2.24, 2.45) is 0 Å². The van der Waals surface area contributed by atoms with Gasteiger partial charge in [-0.25, -0.2) is 13.2 Å². The molecule has 2 rings (SSSR count). The number of carbonyl (C=O) groups is 2. The van der Waals surface area contributed by atoms with Gasteiger partial charge < -0.3 is 14.8 Å². The van der Waals surface area contributed by atoms with Crippen molar-refractivity contribution in [2.45, 2.75) is 11.8 Å². The number of sulfonamides is 1. The van der Waals surface area contributed by atoms with Crippen LogP contribution in [0.4, 0.5) is 5.69 Å². The molecule has 25 heavy (non-hydrogen) atoms. The van der Waals surface area contributed by atoms with E-state index in [2.05, 4.69) is 5.32 Å². The molecule has 1 amide bonds. The Kier molecular flexibility index (Phi) is 6.68. The first-order valence-electron chi connectivity index (χ1n) is 7.71. The van der Waals surface area contributed by atoms with Gasteiger partial charge in [0, 0.05) is 24.9 Å². The molecule has 0 bridgehead atoms. The molecule has 1 aliphatic rings. The fraction of sp³-hybridized carbons (Fsp3) is 0.375. The summed E-state index contributed by atoms with van der Waals surface area (Å²) in [5, 5.41) is 2.53. The summed E-state index contributed by atoms with van der Waals surface area (Å²) in [5.41, 5.74) is 0.410. The molecule has 0 unspecified atom stereocenters. The van der Waals surface area contributed by atoms with E-state index in [-0.39, 0.29) is 4.90 Å². The van der Waals surface area contributed by atoms with Crippen LogP contribution in [0.5, 0.6) is 0 Å². The van der Waals surface area contributed by atoms with Crippen LogP contribution in [0, 0.1) is 0 Å². The van der Waals surface area contributed by atoms with Gasteiger partial charge in [-0.05, 0) is 31.2 Å². The first kappa shape index (κ1) is 19.1. The molecule has 1 N–H and O–H groups in total. The van der Waals surface area contributed by atoms with Gasteiger partial charge >= 0.3 is 5.97 Å².